The molecule has 1 amide bonds. The highest BCUT2D eigenvalue weighted by atomic mass is 16.5. The normalized spacial score (nSPS) is 14.9. The van der Waals surface area contributed by atoms with Gasteiger partial charge in [0.25, 0.3) is 5.91 Å². The van der Waals surface area contributed by atoms with E-state index in [4.69, 9.17) is 19.3 Å². The first kappa shape index (κ1) is 25.8. The van der Waals surface area contributed by atoms with Gasteiger partial charge in [-0.25, -0.2) is 0 Å². The number of likely N-dealkylation sites (tertiary alicyclic amines) is 1. The Kier molecular flexibility index (Phi) is 9.19. The highest BCUT2D eigenvalue weighted by Gasteiger charge is 2.32. The lowest BCUT2D eigenvalue weighted by Crippen LogP contribution is -2.52. The maximum Gasteiger partial charge on any atom is 0.251 e. The van der Waals surface area contributed by atoms with Gasteiger partial charge in [0, 0.05) is 49.8 Å². The van der Waals surface area contributed by atoms with Crippen molar-refractivity contribution >= 4 is 5.91 Å². The third-order valence-electron chi connectivity index (χ3n) is 6.74. The van der Waals surface area contributed by atoms with E-state index < -0.39 is 0 Å². The van der Waals surface area contributed by atoms with Gasteiger partial charge in [-0.2, -0.15) is 0 Å². The molecule has 0 aromatic heterocycles. The second-order valence-electron chi connectivity index (χ2n) is 8.99. The lowest BCUT2D eigenvalue weighted by atomic mass is 9.91. The third-order valence-corrected chi connectivity index (χ3v) is 6.74. The first-order valence-electron chi connectivity index (χ1n) is 12.0. The number of nitrogens with one attached hydrogen (secondary N) is 1. The predicted octanol–water partition coefficient (Wildman–Crippen LogP) is 3.89. The van der Waals surface area contributed by atoms with Gasteiger partial charge in [0.15, 0.2) is 0 Å². The molecule has 3 rings (SSSR count). The number of hydrogen-bond donors (Lipinski definition) is 2. The Morgan fingerprint density at radius 1 is 1.09 bits per heavy atom. The smallest absolute Gasteiger partial charge is 0.251 e. The van der Waals surface area contributed by atoms with E-state index in [9.17, 15) is 4.79 Å². The molecular weight excluding hydrogens is 432 g/mol. The second-order valence-corrected chi connectivity index (χ2v) is 8.99. The minimum absolute atomic E-state index is 0.121. The Bertz CT molecular complexity index is 949. The predicted molar refractivity (Wildman–Crippen MR) is 133 cm³/mol. The molecule has 34 heavy (non-hydrogen) atoms. The highest BCUT2D eigenvalue weighted by Crippen LogP contribution is 2.34. The lowest BCUT2D eigenvalue weighted by Gasteiger charge is -2.44. The Labute approximate surface area is 203 Å². The molecule has 0 spiro atoms. The van der Waals surface area contributed by atoms with Gasteiger partial charge < -0.3 is 24.6 Å². The molecule has 1 atom stereocenters. The molecule has 7 nitrogen and oxygen atoms in total. The molecule has 2 aromatic rings. The summed E-state index contributed by atoms with van der Waals surface area (Å²) in [6.45, 7) is 9.85. The molecule has 1 saturated heterocycles. The number of amides is 1. The minimum atomic E-state index is -0.121. The molecule has 186 valence electrons. The maximum absolute atomic E-state index is 12.6. The molecule has 7 heteroatoms. The molecule has 0 bridgehead atoms. The summed E-state index contributed by atoms with van der Waals surface area (Å²) in [4.78, 5) is 15.1. The number of aliphatic hydroxyl groups is 1. The minimum Gasteiger partial charge on any atom is -0.497 e. The second kappa shape index (κ2) is 12.1. The lowest BCUT2D eigenvalue weighted by molar-refractivity contribution is 0.0569. The zero-order valence-corrected chi connectivity index (χ0v) is 21.0. The van der Waals surface area contributed by atoms with Crippen LogP contribution in [0.1, 0.15) is 52.9 Å². The van der Waals surface area contributed by atoms with Gasteiger partial charge in [-0.15, -0.1) is 0 Å². The number of carbonyl (C=O) groups is 1. The van der Waals surface area contributed by atoms with Crippen molar-refractivity contribution in [3.8, 4) is 17.2 Å². The first-order chi connectivity index (χ1) is 16.4. The Morgan fingerprint density at radius 2 is 1.76 bits per heavy atom. The molecule has 2 aromatic carbocycles. The maximum atomic E-state index is 12.6. The van der Waals surface area contributed by atoms with Crippen molar-refractivity contribution in [2.75, 3.05) is 47.1 Å². The van der Waals surface area contributed by atoms with E-state index >= 15 is 0 Å². The van der Waals surface area contributed by atoms with Crippen LogP contribution in [0.25, 0.3) is 0 Å². The number of methoxy groups -OCH3 is 2. The fraction of sp³-hybridized carbons (Fsp3) is 0.519. The van der Waals surface area contributed by atoms with Crippen LogP contribution in [0.2, 0.25) is 0 Å². The molecule has 1 aliphatic rings. The summed E-state index contributed by atoms with van der Waals surface area (Å²) in [7, 11) is 3.15. The molecule has 1 heterocycles. The van der Waals surface area contributed by atoms with Gasteiger partial charge in [-0.1, -0.05) is 6.07 Å². The third kappa shape index (κ3) is 6.21. The van der Waals surface area contributed by atoms with Gasteiger partial charge in [-0.3, -0.25) is 9.69 Å². The summed E-state index contributed by atoms with van der Waals surface area (Å²) < 4.78 is 16.4. The Hall–Kier alpha value is -2.77. The van der Waals surface area contributed by atoms with E-state index in [-0.39, 0.29) is 12.5 Å². The van der Waals surface area contributed by atoms with Crippen LogP contribution in [0.5, 0.6) is 17.2 Å². The van der Waals surface area contributed by atoms with Crippen LogP contribution in [0.4, 0.5) is 0 Å². The fourth-order valence-corrected chi connectivity index (χ4v) is 4.35. The van der Waals surface area contributed by atoms with Crippen LogP contribution in [0.3, 0.4) is 0 Å². The largest absolute Gasteiger partial charge is 0.497 e. The highest BCUT2D eigenvalue weighted by molar-refractivity contribution is 5.95. The van der Waals surface area contributed by atoms with Gasteiger partial charge in [-0.05, 0) is 68.5 Å². The van der Waals surface area contributed by atoms with Gasteiger partial charge in [0.1, 0.15) is 17.2 Å². The van der Waals surface area contributed by atoms with E-state index in [0.717, 1.165) is 31.7 Å². The molecule has 2 N–H and O–H groups in total. The van der Waals surface area contributed by atoms with Crippen LogP contribution < -0.4 is 19.5 Å². The fourth-order valence-electron chi connectivity index (χ4n) is 4.35. The number of unbranched alkanes of at least 4 members (excludes halogenated alkanes) is 1. The number of ether oxygens (including phenoxy) is 3. The topological polar surface area (TPSA) is 80.3 Å². The average Bonchev–Trinajstić information content (AvgIpc) is 2.82. The number of rotatable bonds is 12. The van der Waals surface area contributed by atoms with Crippen LogP contribution in [-0.2, 0) is 0 Å². The average molecular weight is 471 g/mol. The van der Waals surface area contributed by atoms with Crippen molar-refractivity contribution in [3.05, 3.63) is 52.6 Å². The van der Waals surface area contributed by atoms with Gasteiger partial charge >= 0.3 is 0 Å². The summed E-state index contributed by atoms with van der Waals surface area (Å²) in [5, 5.41) is 12.0. The van der Waals surface area contributed by atoms with Gasteiger partial charge in [0.2, 0.25) is 0 Å². The van der Waals surface area contributed by atoms with Crippen LogP contribution in [-0.4, -0.2) is 63.0 Å². The van der Waals surface area contributed by atoms with Crippen LogP contribution >= 0.6 is 0 Å². The van der Waals surface area contributed by atoms with Crippen LogP contribution in [0, 0.1) is 19.8 Å². The summed E-state index contributed by atoms with van der Waals surface area (Å²) in [6, 6.07) is 9.72. The van der Waals surface area contributed by atoms with Crippen molar-refractivity contribution in [1.82, 2.24) is 10.2 Å². The van der Waals surface area contributed by atoms with Crippen LogP contribution in [0.15, 0.2) is 30.3 Å². The summed E-state index contributed by atoms with van der Waals surface area (Å²) in [5.74, 6) is 2.42. The molecule has 0 saturated carbocycles. The molecule has 1 aliphatic heterocycles. The van der Waals surface area contributed by atoms with Crippen molar-refractivity contribution in [1.29, 1.82) is 0 Å². The zero-order valence-electron chi connectivity index (χ0n) is 21.0. The van der Waals surface area contributed by atoms with E-state index in [2.05, 4.69) is 43.1 Å². The SMILES string of the molecule is COc1cc(OC)cc(C(=O)NCC2CN(C(C)c3ccc(OCCCCO)c(C)c3C)C2)c1. The van der Waals surface area contributed by atoms with Crippen molar-refractivity contribution in [3.63, 3.8) is 0 Å². The number of hydrogen-bond acceptors (Lipinski definition) is 6. The number of aliphatic hydroxyl groups excluding tert-OH is 1. The number of carbonyl (C=O) groups excluding carboxylic acids is 1. The standard InChI is InChI=1S/C27H38N2O5/c1-18-19(2)26(34-11-7-6-10-30)9-8-25(18)20(3)29-16-21(17-29)15-28-27(31)22-12-23(32-4)14-24(13-22)33-5/h8-9,12-14,20-21,30H,6-7,10-11,15-17H2,1-5H3,(H,28,31). The van der Waals surface area contributed by atoms with E-state index in [0.29, 0.717) is 42.2 Å². The zero-order chi connectivity index (χ0) is 24.7. The Morgan fingerprint density at radius 3 is 2.38 bits per heavy atom. The van der Waals surface area contributed by atoms with E-state index in [1.807, 2.05) is 0 Å². The first-order valence-corrected chi connectivity index (χ1v) is 12.0. The Balaban J connectivity index is 1.51. The molecule has 1 fully saturated rings. The molecular formula is C27H38N2O5. The monoisotopic (exact) mass is 470 g/mol. The van der Waals surface area contributed by atoms with Gasteiger partial charge in [0.05, 0.1) is 20.8 Å². The van der Waals surface area contributed by atoms with Crippen molar-refractivity contribution in [2.24, 2.45) is 5.92 Å². The van der Waals surface area contributed by atoms with E-state index in [1.165, 1.54) is 16.7 Å². The van der Waals surface area contributed by atoms with E-state index in [1.54, 1.807) is 32.4 Å². The van der Waals surface area contributed by atoms with Crippen molar-refractivity contribution in [2.45, 2.75) is 39.7 Å². The summed E-state index contributed by atoms with van der Waals surface area (Å²) in [6.07, 6.45) is 1.61. The number of nitrogens with zero attached hydrogens (tertiary/aromatic N) is 1. The summed E-state index contributed by atoms with van der Waals surface area (Å²) >= 11 is 0. The summed E-state index contributed by atoms with van der Waals surface area (Å²) in [5.41, 5.74) is 4.28. The quantitative estimate of drug-likeness (QED) is 0.458. The molecule has 1 unspecified atom stereocenters. The molecule has 0 aliphatic carbocycles. The van der Waals surface area contributed by atoms with Crippen molar-refractivity contribution < 1.29 is 24.1 Å². The number of benzene rings is 2. The molecule has 0 radical (unpaired) electrons.